The molecule has 6 heteroatoms. The quantitative estimate of drug-likeness (QED) is 0.774. The molecule has 0 bridgehead atoms. The van der Waals surface area contributed by atoms with Crippen molar-refractivity contribution in [1.82, 2.24) is 10.3 Å². The van der Waals surface area contributed by atoms with Crippen molar-refractivity contribution in [3.05, 3.63) is 71.7 Å². The van der Waals surface area contributed by atoms with Gasteiger partial charge in [-0.2, -0.15) is 0 Å². The largest absolute Gasteiger partial charge is 0.439 e. The van der Waals surface area contributed by atoms with Crippen molar-refractivity contribution < 1.29 is 14.0 Å². The fourth-order valence-electron chi connectivity index (χ4n) is 3.26. The lowest BCUT2D eigenvalue weighted by Gasteiger charge is -2.14. The zero-order valence-electron chi connectivity index (χ0n) is 14.9. The lowest BCUT2D eigenvalue weighted by molar-refractivity contribution is -0.116. The van der Waals surface area contributed by atoms with Crippen LogP contribution in [0.25, 0.3) is 11.3 Å². The first kappa shape index (κ1) is 17.0. The first-order chi connectivity index (χ1) is 13.1. The predicted molar refractivity (Wildman–Crippen MR) is 101 cm³/mol. The molecule has 1 aliphatic heterocycles. The SMILES string of the molecule is CC(=O)N1CCc2cc(C(=O)NCc3ncc(-c4ccccc4)o3)ccc21. The number of fused-ring (bicyclic) bond motifs is 1. The van der Waals surface area contributed by atoms with Gasteiger partial charge in [-0.1, -0.05) is 30.3 Å². The van der Waals surface area contributed by atoms with Crippen LogP contribution >= 0.6 is 0 Å². The Hall–Kier alpha value is -3.41. The Balaban J connectivity index is 1.42. The van der Waals surface area contributed by atoms with Gasteiger partial charge in [-0.25, -0.2) is 4.98 Å². The van der Waals surface area contributed by atoms with Crippen LogP contribution in [0.4, 0.5) is 5.69 Å². The number of oxazole rings is 1. The van der Waals surface area contributed by atoms with Crippen molar-refractivity contribution >= 4 is 17.5 Å². The average molecular weight is 361 g/mol. The zero-order valence-corrected chi connectivity index (χ0v) is 14.9. The third-order valence-corrected chi connectivity index (χ3v) is 4.63. The molecular weight excluding hydrogens is 342 g/mol. The molecule has 0 saturated heterocycles. The molecule has 2 aromatic carbocycles. The molecule has 1 N–H and O–H groups in total. The lowest BCUT2D eigenvalue weighted by Crippen LogP contribution is -2.26. The number of benzene rings is 2. The number of rotatable bonds is 4. The number of aromatic nitrogens is 1. The highest BCUT2D eigenvalue weighted by Crippen LogP contribution is 2.29. The van der Waals surface area contributed by atoms with Gasteiger partial charge in [-0.05, 0) is 30.2 Å². The van der Waals surface area contributed by atoms with Crippen molar-refractivity contribution in [2.75, 3.05) is 11.4 Å². The fraction of sp³-hybridized carbons (Fsp3) is 0.190. The van der Waals surface area contributed by atoms with E-state index >= 15 is 0 Å². The van der Waals surface area contributed by atoms with Gasteiger partial charge in [0.15, 0.2) is 5.76 Å². The van der Waals surface area contributed by atoms with Crippen molar-refractivity contribution in [3.63, 3.8) is 0 Å². The summed E-state index contributed by atoms with van der Waals surface area (Å²) in [5.74, 6) is 0.940. The maximum atomic E-state index is 12.4. The molecule has 0 aliphatic carbocycles. The molecule has 6 nitrogen and oxygen atoms in total. The third-order valence-electron chi connectivity index (χ3n) is 4.63. The molecule has 0 fully saturated rings. The second kappa shape index (κ2) is 7.07. The Kier molecular flexibility index (Phi) is 4.46. The minimum absolute atomic E-state index is 0.0177. The lowest BCUT2D eigenvalue weighted by atomic mass is 10.1. The Morgan fingerprint density at radius 2 is 2.00 bits per heavy atom. The molecule has 1 aromatic heterocycles. The minimum atomic E-state index is -0.196. The predicted octanol–water partition coefficient (Wildman–Crippen LogP) is 3.18. The van der Waals surface area contributed by atoms with E-state index in [0.29, 0.717) is 23.8 Å². The van der Waals surface area contributed by atoms with Crippen molar-refractivity contribution in [3.8, 4) is 11.3 Å². The van der Waals surface area contributed by atoms with Crippen LogP contribution in [0.1, 0.15) is 28.7 Å². The van der Waals surface area contributed by atoms with Crippen LogP contribution in [0, 0.1) is 0 Å². The highest BCUT2D eigenvalue weighted by Gasteiger charge is 2.23. The monoisotopic (exact) mass is 361 g/mol. The molecule has 27 heavy (non-hydrogen) atoms. The second-order valence-corrected chi connectivity index (χ2v) is 6.43. The van der Waals surface area contributed by atoms with Crippen molar-refractivity contribution in [2.45, 2.75) is 19.9 Å². The molecule has 1 aliphatic rings. The van der Waals surface area contributed by atoms with Crippen LogP contribution in [0.3, 0.4) is 0 Å². The number of amides is 2. The van der Waals surface area contributed by atoms with Gasteiger partial charge < -0.3 is 14.6 Å². The summed E-state index contributed by atoms with van der Waals surface area (Å²) in [6.07, 6.45) is 2.42. The van der Waals surface area contributed by atoms with Gasteiger partial charge in [0.05, 0.1) is 12.7 Å². The summed E-state index contributed by atoms with van der Waals surface area (Å²) in [7, 11) is 0. The highest BCUT2D eigenvalue weighted by atomic mass is 16.4. The van der Waals surface area contributed by atoms with Crippen molar-refractivity contribution in [1.29, 1.82) is 0 Å². The number of hydrogen-bond donors (Lipinski definition) is 1. The zero-order chi connectivity index (χ0) is 18.8. The van der Waals surface area contributed by atoms with E-state index in [1.165, 1.54) is 0 Å². The normalized spacial score (nSPS) is 12.7. The summed E-state index contributed by atoms with van der Waals surface area (Å²) in [6.45, 7) is 2.42. The van der Waals surface area contributed by atoms with Gasteiger partial charge in [0.2, 0.25) is 11.8 Å². The molecule has 0 spiro atoms. The second-order valence-electron chi connectivity index (χ2n) is 6.43. The average Bonchev–Trinajstić information content (AvgIpc) is 3.33. The number of carbonyl (C=O) groups is 2. The van der Waals surface area contributed by atoms with E-state index in [1.807, 2.05) is 42.5 Å². The molecular formula is C21H19N3O3. The Labute approximate surface area is 156 Å². The number of carbonyl (C=O) groups excluding carboxylic acids is 2. The standard InChI is InChI=1S/C21H19N3O3/c1-14(25)24-10-9-16-11-17(7-8-18(16)24)21(26)23-13-20-22-12-19(27-20)15-5-3-2-4-6-15/h2-8,11-12H,9-10,13H2,1H3,(H,23,26). The van der Waals surface area contributed by atoms with E-state index in [9.17, 15) is 9.59 Å². The molecule has 0 radical (unpaired) electrons. The van der Waals surface area contributed by atoms with Crippen LogP contribution in [0.5, 0.6) is 0 Å². The van der Waals surface area contributed by atoms with E-state index in [4.69, 9.17) is 4.42 Å². The van der Waals surface area contributed by atoms with Crippen LogP contribution in [0.2, 0.25) is 0 Å². The molecule has 2 amide bonds. The minimum Gasteiger partial charge on any atom is -0.439 e. The number of hydrogen-bond acceptors (Lipinski definition) is 4. The summed E-state index contributed by atoms with van der Waals surface area (Å²) in [5.41, 5.74) is 3.41. The number of anilines is 1. The molecule has 0 saturated carbocycles. The summed E-state index contributed by atoms with van der Waals surface area (Å²) in [4.78, 5) is 30.0. The summed E-state index contributed by atoms with van der Waals surface area (Å²) < 4.78 is 5.70. The first-order valence-corrected chi connectivity index (χ1v) is 8.81. The van der Waals surface area contributed by atoms with E-state index in [2.05, 4.69) is 10.3 Å². The van der Waals surface area contributed by atoms with Gasteiger partial charge in [0.1, 0.15) is 0 Å². The van der Waals surface area contributed by atoms with E-state index in [-0.39, 0.29) is 18.4 Å². The van der Waals surface area contributed by atoms with Gasteiger partial charge >= 0.3 is 0 Å². The molecule has 2 heterocycles. The van der Waals surface area contributed by atoms with Crippen LogP contribution in [-0.2, 0) is 17.8 Å². The van der Waals surface area contributed by atoms with Crippen molar-refractivity contribution in [2.24, 2.45) is 0 Å². The topological polar surface area (TPSA) is 75.4 Å². The molecule has 4 rings (SSSR count). The smallest absolute Gasteiger partial charge is 0.251 e. The summed E-state index contributed by atoms with van der Waals surface area (Å²) >= 11 is 0. The van der Waals surface area contributed by atoms with Crippen LogP contribution < -0.4 is 10.2 Å². The van der Waals surface area contributed by atoms with Crippen LogP contribution in [0.15, 0.2) is 59.1 Å². The summed E-state index contributed by atoms with van der Waals surface area (Å²) in [6, 6.07) is 15.1. The Morgan fingerprint density at radius 3 is 2.78 bits per heavy atom. The first-order valence-electron chi connectivity index (χ1n) is 8.81. The Bertz CT molecular complexity index is 995. The molecule has 3 aromatic rings. The van der Waals surface area contributed by atoms with E-state index in [1.54, 1.807) is 24.1 Å². The van der Waals surface area contributed by atoms with Gasteiger partial charge in [0, 0.05) is 30.3 Å². The summed E-state index contributed by atoms with van der Waals surface area (Å²) in [5, 5.41) is 2.83. The Morgan fingerprint density at radius 1 is 1.19 bits per heavy atom. The van der Waals surface area contributed by atoms with Gasteiger partial charge in [-0.3, -0.25) is 9.59 Å². The van der Waals surface area contributed by atoms with Crippen LogP contribution in [-0.4, -0.2) is 23.3 Å². The molecule has 0 unspecified atom stereocenters. The molecule has 0 atom stereocenters. The number of nitrogens with one attached hydrogen (secondary N) is 1. The maximum Gasteiger partial charge on any atom is 0.251 e. The third kappa shape index (κ3) is 3.46. The maximum absolute atomic E-state index is 12.4. The molecule has 136 valence electrons. The highest BCUT2D eigenvalue weighted by molar-refractivity contribution is 5.97. The van der Waals surface area contributed by atoms with E-state index < -0.39 is 0 Å². The van der Waals surface area contributed by atoms with Gasteiger partial charge in [-0.15, -0.1) is 0 Å². The number of nitrogens with zero attached hydrogens (tertiary/aromatic N) is 2. The van der Waals surface area contributed by atoms with E-state index in [0.717, 1.165) is 23.2 Å². The van der Waals surface area contributed by atoms with Gasteiger partial charge in [0.25, 0.3) is 5.91 Å². The fourth-order valence-corrected chi connectivity index (χ4v) is 3.26.